The van der Waals surface area contributed by atoms with Crippen LogP contribution in [0.25, 0.3) is 0 Å². The molecule has 1 aliphatic carbocycles. The van der Waals surface area contributed by atoms with Crippen LogP contribution in [0.15, 0.2) is 58.8 Å². The molecule has 118 valence electrons. The standard InChI is InChI=1S/C19H20N2O2/c22-19(23)16-8-12-18(13-9-16)21-20-17-10-6-15(7-11-17)14-4-2-1-3-5-14/h6-14H,1-5H2,(H,22,23)/b21-20+. The number of azo groups is 1. The zero-order valence-electron chi connectivity index (χ0n) is 13.0. The highest BCUT2D eigenvalue weighted by atomic mass is 16.4. The molecule has 0 aliphatic heterocycles. The fourth-order valence-electron chi connectivity index (χ4n) is 3.04. The first-order chi connectivity index (χ1) is 11.2. The molecule has 1 saturated carbocycles. The van der Waals surface area contributed by atoms with Crippen molar-refractivity contribution in [2.75, 3.05) is 0 Å². The average Bonchev–Trinajstić information content (AvgIpc) is 2.61. The molecule has 0 atom stereocenters. The van der Waals surface area contributed by atoms with Gasteiger partial charge < -0.3 is 5.11 Å². The van der Waals surface area contributed by atoms with Crippen molar-refractivity contribution in [3.05, 3.63) is 59.7 Å². The SMILES string of the molecule is O=C(O)c1ccc(/N=N/c2ccc(C3CCCCC3)cc2)cc1. The predicted molar refractivity (Wildman–Crippen MR) is 89.8 cm³/mol. The molecule has 23 heavy (non-hydrogen) atoms. The van der Waals surface area contributed by atoms with Crippen molar-refractivity contribution in [1.82, 2.24) is 0 Å². The van der Waals surface area contributed by atoms with E-state index < -0.39 is 5.97 Å². The number of benzene rings is 2. The zero-order valence-corrected chi connectivity index (χ0v) is 13.0. The molecule has 4 heteroatoms. The van der Waals surface area contributed by atoms with E-state index in [0.29, 0.717) is 11.6 Å². The number of carboxylic acids is 1. The summed E-state index contributed by atoms with van der Waals surface area (Å²) in [6.45, 7) is 0. The zero-order chi connectivity index (χ0) is 16.1. The van der Waals surface area contributed by atoms with Crippen LogP contribution in [0, 0.1) is 0 Å². The molecule has 1 N–H and O–H groups in total. The second kappa shape index (κ2) is 7.18. The smallest absolute Gasteiger partial charge is 0.335 e. The molecular weight excluding hydrogens is 288 g/mol. The van der Waals surface area contributed by atoms with Crippen molar-refractivity contribution in [2.24, 2.45) is 10.2 Å². The van der Waals surface area contributed by atoms with E-state index in [4.69, 9.17) is 5.11 Å². The number of carbonyl (C=O) groups is 1. The second-order valence-corrected chi connectivity index (χ2v) is 5.98. The maximum atomic E-state index is 10.8. The summed E-state index contributed by atoms with van der Waals surface area (Å²) in [4.78, 5) is 10.8. The van der Waals surface area contributed by atoms with Crippen LogP contribution in [0.4, 0.5) is 11.4 Å². The molecule has 0 saturated heterocycles. The maximum Gasteiger partial charge on any atom is 0.335 e. The topological polar surface area (TPSA) is 62.0 Å². The third-order valence-corrected chi connectivity index (χ3v) is 4.36. The van der Waals surface area contributed by atoms with Gasteiger partial charge in [-0.1, -0.05) is 31.4 Å². The van der Waals surface area contributed by atoms with Crippen LogP contribution in [0.3, 0.4) is 0 Å². The summed E-state index contributed by atoms with van der Waals surface area (Å²) in [5.74, 6) is -0.245. The predicted octanol–water partition coefficient (Wildman–Crippen LogP) is 5.85. The lowest BCUT2D eigenvalue weighted by Crippen LogP contribution is -2.03. The molecule has 0 amide bonds. The van der Waals surface area contributed by atoms with Gasteiger partial charge in [0.2, 0.25) is 0 Å². The molecule has 0 radical (unpaired) electrons. The van der Waals surface area contributed by atoms with Crippen molar-refractivity contribution >= 4 is 17.3 Å². The molecule has 1 aliphatic rings. The van der Waals surface area contributed by atoms with Gasteiger partial charge in [-0.15, -0.1) is 0 Å². The molecule has 0 bridgehead atoms. The highest BCUT2D eigenvalue weighted by molar-refractivity contribution is 5.87. The maximum absolute atomic E-state index is 10.8. The number of hydrogen-bond donors (Lipinski definition) is 1. The van der Waals surface area contributed by atoms with Crippen molar-refractivity contribution in [2.45, 2.75) is 38.0 Å². The van der Waals surface area contributed by atoms with E-state index in [0.717, 1.165) is 5.69 Å². The van der Waals surface area contributed by atoms with Gasteiger partial charge in [0.05, 0.1) is 16.9 Å². The van der Waals surface area contributed by atoms with Gasteiger partial charge in [0, 0.05) is 0 Å². The highest BCUT2D eigenvalue weighted by Gasteiger charge is 2.14. The summed E-state index contributed by atoms with van der Waals surface area (Å²) in [6, 6.07) is 14.7. The first-order valence-electron chi connectivity index (χ1n) is 8.07. The Hall–Kier alpha value is -2.49. The largest absolute Gasteiger partial charge is 0.478 e. The average molecular weight is 308 g/mol. The van der Waals surface area contributed by atoms with E-state index in [1.807, 2.05) is 12.1 Å². The van der Waals surface area contributed by atoms with Crippen molar-refractivity contribution in [3.63, 3.8) is 0 Å². The Morgan fingerprint density at radius 1 is 0.826 bits per heavy atom. The summed E-state index contributed by atoms with van der Waals surface area (Å²) in [5.41, 5.74) is 3.11. The Balaban J connectivity index is 1.66. The third-order valence-electron chi connectivity index (χ3n) is 4.36. The van der Waals surface area contributed by atoms with E-state index in [2.05, 4.69) is 22.4 Å². The molecule has 0 aromatic heterocycles. The highest BCUT2D eigenvalue weighted by Crippen LogP contribution is 2.33. The lowest BCUT2D eigenvalue weighted by Gasteiger charge is -2.21. The Morgan fingerprint density at radius 2 is 1.35 bits per heavy atom. The normalized spacial score (nSPS) is 15.8. The minimum Gasteiger partial charge on any atom is -0.478 e. The summed E-state index contributed by atoms with van der Waals surface area (Å²) in [7, 11) is 0. The van der Waals surface area contributed by atoms with Crippen molar-refractivity contribution in [1.29, 1.82) is 0 Å². The first kappa shape index (κ1) is 15.4. The summed E-state index contributed by atoms with van der Waals surface area (Å²) in [6.07, 6.45) is 6.61. The van der Waals surface area contributed by atoms with E-state index >= 15 is 0 Å². The number of aromatic carboxylic acids is 1. The van der Waals surface area contributed by atoms with Gasteiger partial charge in [0.25, 0.3) is 0 Å². The first-order valence-corrected chi connectivity index (χ1v) is 8.07. The Morgan fingerprint density at radius 3 is 1.87 bits per heavy atom. The molecule has 0 spiro atoms. The molecule has 2 aromatic rings. The molecule has 1 fully saturated rings. The van der Waals surface area contributed by atoms with E-state index in [-0.39, 0.29) is 5.56 Å². The van der Waals surface area contributed by atoms with Crippen LogP contribution in [-0.2, 0) is 0 Å². The monoisotopic (exact) mass is 308 g/mol. The van der Waals surface area contributed by atoms with Gasteiger partial charge in [-0.05, 0) is 60.7 Å². The summed E-state index contributed by atoms with van der Waals surface area (Å²) >= 11 is 0. The minimum absolute atomic E-state index is 0.251. The van der Waals surface area contributed by atoms with Crippen LogP contribution >= 0.6 is 0 Å². The summed E-state index contributed by atoms with van der Waals surface area (Å²) in [5, 5.41) is 17.2. The van der Waals surface area contributed by atoms with Gasteiger partial charge in [-0.2, -0.15) is 10.2 Å². The molecule has 0 unspecified atom stereocenters. The third kappa shape index (κ3) is 4.03. The molecule has 0 heterocycles. The minimum atomic E-state index is -0.938. The van der Waals surface area contributed by atoms with Crippen molar-refractivity contribution in [3.8, 4) is 0 Å². The molecular formula is C19H20N2O2. The van der Waals surface area contributed by atoms with E-state index in [9.17, 15) is 4.79 Å². The van der Waals surface area contributed by atoms with Crippen LogP contribution in [0.1, 0.15) is 53.9 Å². The quantitative estimate of drug-likeness (QED) is 0.720. The second-order valence-electron chi connectivity index (χ2n) is 5.98. The fraction of sp³-hybridized carbons (Fsp3) is 0.316. The Bertz CT molecular complexity index is 684. The number of rotatable bonds is 4. The fourth-order valence-corrected chi connectivity index (χ4v) is 3.04. The molecule has 2 aromatic carbocycles. The van der Waals surface area contributed by atoms with Gasteiger partial charge in [0.1, 0.15) is 0 Å². The number of carboxylic acid groups (broad SMARTS) is 1. The van der Waals surface area contributed by atoms with Crippen LogP contribution in [0.5, 0.6) is 0 Å². The Kier molecular flexibility index (Phi) is 4.81. The van der Waals surface area contributed by atoms with Crippen LogP contribution < -0.4 is 0 Å². The lowest BCUT2D eigenvalue weighted by atomic mass is 9.84. The van der Waals surface area contributed by atoms with Gasteiger partial charge in [0.15, 0.2) is 0 Å². The molecule has 3 rings (SSSR count). The Labute approximate surface area is 135 Å². The van der Waals surface area contributed by atoms with Gasteiger partial charge in [-0.3, -0.25) is 0 Å². The van der Waals surface area contributed by atoms with Crippen LogP contribution in [0.2, 0.25) is 0 Å². The van der Waals surface area contributed by atoms with E-state index in [1.54, 1.807) is 12.1 Å². The number of nitrogens with zero attached hydrogens (tertiary/aromatic N) is 2. The lowest BCUT2D eigenvalue weighted by molar-refractivity contribution is 0.0697. The summed E-state index contributed by atoms with van der Waals surface area (Å²) < 4.78 is 0. The van der Waals surface area contributed by atoms with E-state index in [1.165, 1.54) is 49.8 Å². The molecule has 4 nitrogen and oxygen atoms in total. The van der Waals surface area contributed by atoms with Crippen LogP contribution in [-0.4, -0.2) is 11.1 Å². The van der Waals surface area contributed by atoms with Gasteiger partial charge >= 0.3 is 5.97 Å². The van der Waals surface area contributed by atoms with Crippen molar-refractivity contribution < 1.29 is 9.90 Å². The number of hydrogen-bond acceptors (Lipinski definition) is 3. The van der Waals surface area contributed by atoms with Gasteiger partial charge in [-0.25, -0.2) is 4.79 Å².